The lowest BCUT2D eigenvalue weighted by Gasteiger charge is -2.13. The van der Waals surface area contributed by atoms with Crippen molar-refractivity contribution < 1.29 is 17.9 Å². The van der Waals surface area contributed by atoms with Gasteiger partial charge in [0, 0.05) is 17.8 Å². The van der Waals surface area contributed by atoms with E-state index in [0.717, 1.165) is 0 Å². The Morgan fingerprint density at radius 1 is 1.04 bits per heavy atom. The average Bonchev–Trinajstić information content (AvgIpc) is 2.67. The second-order valence-corrected chi connectivity index (χ2v) is 7.19. The summed E-state index contributed by atoms with van der Waals surface area (Å²) in [5.41, 5.74) is 1.21. The molecule has 2 N–H and O–H groups in total. The Morgan fingerprint density at radius 3 is 2.54 bits per heavy atom. The van der Waals surface area contributed by atoms with Crippen molar-refractivity contribution in [1.82, 2.24) is 14.7 Å². The molecule has 3 aromatic rings. The van der Waals surface area contributed by atoms with Crippen molar-refractivity contribution in [2.24, 2.45) is 0 Å². The molecule has 0 spiro atoms. The van der Waals surface area contributed by atoms with Gasteiger partial charge in [0.25, 0.3) is 0 Å². The highest BCUT2D eigenvalue weighted by Gasteiger charge is 2.15. The zero-order chi connectivity index (χ0) is 18.7. The van der Waals surface area contributed by atoms with E-state index in [-0.39, 0.29) is 4.90 Å². The van der Waals surface area contributed by atoms with Crippen molar-refractivity contribution in [2.45, 2.75) is 4.90 Å². The third kappa shape index (κ3) is 3.39. The summed E-state index contributed by atoms with van der Waals surface area (Å²) >= 11 is 0. The zero-order valence-electron chi connectivity index (χ0n) is 14.5. The van der Waals surface area contributed by atoms with E-state index in [4.69, 9.17) is 9.47 Å². The number of ether oxygens (including phenoxy) is 2. The molecule has 0 aliphatic rings. The first-order chi connectivity index (χ1) is 12.5. The van der Waals surface area contributed by atoms with Crippen LogP contribution in [0, 0.1) is 0 Å². The van der Waals surface area contributed by atoms with Crippen molar-refractivity contribution in [1.29, 1.82) is 0 Å². The molecule has 0 amide bonds. The minimum atomic E-state index is -3.54. The average molecular weight is 374 g/mol. The Morgan fingerprint density at radius 2 is 1.85 bits per heavy atom. The highest BCUT2D eigenvalue weighted by molar-refractivity contribution is 7.89. The number of anilines is 2. The predicted octanol–water partition coefficient (Wildman–Crippen LogP) is 2.30. The summed E-state index contributed by atoms with van der Waals surface area (Å²) in [6.07, 6.45) is 1.41. The standard InChI is InChI=1S/C17H18N4O4S/c1-18-26(22,23)13-6-4-5-11(7-13)21-17-16-14(19-10-20-17)8-12(24-2)9-15(16)25-3/h4-10,18H,1-3H3,(H,19,20,21). The van der Waals surface area contributed by atoms with Gasteiger partial charge in [-0.2, -0.15) is 0 Å². The van der Waals surface area contributed by atoms with E-state index in [9.17, 15) is 8.42 Å². The van der Waals surface area contributed by atoms with Crippen molar-refractivity contribution >= 4 is 32.4 Å². The van der Waals surface area contributed by atoms with Gasteiger partial charge in [-0.3, -0.25) is 0 Å². The summed E-state index contributed by atoms with van der Waals surface area (Å²) < 4.78 is 37.0. The Kier molecular flexibility index (Phi) is 4.92. The Labute approximate surface area is 151 Å². The van der Waals surface area contributed by atoms with Crippen LogP contribution in [-0.4, -0.2) is 39.7 Å². The highest BCUT2D eigenvalue weighted by Crippen LogP contribution is 2.35. The zero-order valence-corrected chi connectivity index (χ0v) is 15.3. The van der Waals surface area contributed by atoms with E-state index in [1.54, 1.807) is 38.5 Å². The fraction of sp³-hybridized carbons (Fsp3) is 0.176. The third-order valence-electron chi connectivity index (χ3n) is 3.81. The van der Waals surface area contributed by atoms with Gasteiger partial charge >= 0.3 is 0 Å². The molecule has 0 radical (unpaired) electrons. The minimum Gasteiger partial charge on any atom is -0.497 e. The van der Waals surface area contributed by atoms with Crippen LogP contribution < -0.4 is 19.5 Å². The van der Waals surface area contributed by atoms with E-state index in [1.165, 1.54) is 25.5 Å². The molecule has 136 valence electrons. The Balaban J connectivity index is 2.09. The number of methoxy groups -OCH3 is 2. The van der Waals surface area contributed by atoms with Gasteiger partial charge < -0.3 is 14.8 Å². The molecule has 3 rings (SSSR count). The summed E-state index contributed by atoms with van der Waals surface area (Å²) in [5, 5.41) is 3.80. The lowest BCUT2D eigenvalue weighted by Crippen LogP contribution is -2.18. The third-order valence-corrected chi connectivity index (χ3v) is 5.22. The summed E-state index contributed by atoms with van der Waals surface area (Å²) in [7, 11) is 0.936. The SMILES string of the molecule is CNS(=O)(=O)c1cccc(Nc2ncnc3cc(OC)cc(OC)c23)c1. The number of rotatable bonds is 6. The van der Waals surface area contributed by atoms with E-state index in [2.05, 4.69) is 20.0 Å². The van der Waals surface area contributed by atoms with Gasteiger partial charge in [-0.15, -0.1) is 0 Å². The van der Waals surface area contributed by atoms with Gasteiger partial charge in [-0.1, -0.05) is 6.07 Å². The highest BCUT2D eigenvalue weighted by atomic mass is 32.2. The molecule has 1 heterocycles. The molecule has 0 fully saturated rings. The molecule has 0 saturated heterocycles. The van der Waals surface area contributed by atoms with Crippen LogP contribution in [0.15, 0.2) is 47.6 Å². The Bertz CT molecular complexity index is 1050. The van der Waals surface area contributed by atoms with Crippen LogP contribution in [0.3, 0.4) is 0 Å². The second-order valence-electron chi connectivity index (χ2n) is 5.31. The molecule has 2 aromatic carbocycles. The number of hydrogen-bond donors (Lipinski definition) is 2. The van der Waals surface area contributed by atoms with Gasteiger partial charge in [0.2, 0.25) is 10.0 Å². The van der Waals surface area contributed by atoms with Crippen LogP contribution in [0.5, 0.6) is 11.5 Å². The van der Waals surface area contributed by atoms with Crippen molar-refractivity contribution in [3.63, 3.8) is 0 Å². The molecule has 26 heavy (non-hydrogen) atoms. The lowest BCUT2D eigenvalue weighted by molar-refractivity contribution is 0.398. The molecular formula is C17H18N4O4S. The van der Waals surface area contributed by atoms with Gasteiger partial charge in [0.05, 0.1) is 30.0 Å². The molecule has 1 aromatic heterocycles. The normalized spacial score (nSPS) is 11.3. The smallest absolute Gasteiger partial charge is 0.240 e. The van der Waals surface area contributed by atoms with Crippen LogP contribution in [0.1, 0.15) is 0 Å². The van der Waals surface area contributed by atoms with Gasteiger partial charge in [-0.25, -0.2) is 23.1 Å². The van der Waals surface area contributed by atoms with Gasteiger partial charge in [0.15, 0.2) is 0 Å². The fourth-order valence-corrected chi connectivity index (χ4v) is 3.27. The van der Waals surface area contributed by atoms with Gasteiger partial charge in [0.1, 0.15) is 23.6 Å². The van der Waals surface area contributed by atoms with E-state index in [0.29, 0.717) is 33.9 Å². The molecule has 0 atom stereocenters. The first-order valence-corrected chi connectivity index (χ1v) is 9.14. The quantitative estimate of drug-likeness (QED) is 0.682. The molecular weight excluding hydrogens is 356 g/mol. The van der Waals surface area contributed by atoms with Crippen LogP contribution in [-0.2, 0) is 10.0 Å². The number of nitrogens with zero attached hydrogens (tertiary/aromatic N) is 2. The second kappa shape index (κ2) is 7.14. The van der Waals surface area contributed by atoms with E-state index < -0.39 is 10.0 Å². The first kappa shape index (κ1) is 17.9. The molecule has 0 aliphatic carbocycles. The summed E-state index contributed by atoms with van der Waals surface area (Å²) in [6.45, 7) is 0. The first-order valence-electron chi connectivity index (χ1n) is 7.66. The van der Waals surface area contributed by atoms with Crippen LogP contribution in [0.2, 0.25) is 0 Å². The fourth-order valence-electron chi connectivity index (χ4n) is 2.50. The van der Waals surface area contributed by atoms with Crippen molar-refractivity contribution in [3.8, 4) is 11.5 Å². The molecule has 0 aliphatic heterocycles. The number of nitrogens with one attached hydrogen (secondary N) is 2. The van der Waals surface area contributed by atoms with Gasteiger partial charge in [-0.05, 0) is 25.2 Å². The molecule has 0 saturated carbocycles. The van der Waals surface area contributed by atoms with E-state index in [1.807, 2.05) is 0 Å². The molecule has 8 nitrogen and oxygen atoms in total. The Hall–Kier alpha value is -2.91. The molecule has 9 heteroatoms. The molecule has 0 unspecified atom stereocenters. The summed E-state index contributed by atoms with van der Waals surface area (Å²) in [5.74, 6) is 1.65. The summed E-state index contributed by atoms with van der Waals surface area (Å²) in [6, 6.07) is 9.94. The number of benzene rings is 2. The maximum atomic E-state index is 12.0. The van der Waals surface area contributed by atoms with Crippen LogP contribution in [0.25, 0.3) is 10.9 Å². The number of aromatic nitrogens is 2. The largest absolute Gasteiger partial charge is 0.497 e. The number of hydrogen-bond acceptors (Lipinski definition) is 7. The molecule has 0 bridgehead atoms. The maximum absolute atomic E-state index is 12.0. The number of fused-ring (bicyclic) bond motifs is 1. The van der Waals surface area contributed by atoms with Crippen molar-refractivity contribution in [3.05, 3.63) is 42.7 Å². The van der Waals surface area contributed by atoms with Crippen LogP contribution >= 0.6 is 0 Å². The van der Waals surface area contributed by atoms with E-state index >= 15 is 0 Å². The predicted molar refractivity (Wildman–Crippen MR) is 98.6 cm³/mol. The van der Waals surface area contributed by atoms with Crippen molar-refractivity contribution in [2.75, 3.05) is 26.6 Å². The minimum absolute atomic E-state index is 0.150. The topological polar surface area (TPSA) is 102 Å². The number of sulfonamides is 1. The van der Waals surface area contributed by atoms with Crippen LogP contribution in [0.4, 0.5) is 11.5 Å². The lowest BCUT2D eigenvalue weighted by atomic mass is 10.2. The summed E-state index contributed by atoms with van der Waals surface area (Å²) in [4.78, 5) is 8.67. The maximum Gasteiger partial charge on any atom is 0.240 e. The monoisotopic (exact) mass is 374 g/mol.